The summed E-state index contributed by atoms with van der Waals surface area (Å²) in [6.45, 7) is 3.27. The van der Waals surface area contributed by atoms with Crippen LogP contribution in [0.1, 0.15) is 29.0 Å². The minimum Gasteiger partial charge on any atom is -0.299 e. The largest absolute Gasteiger partial charge is 0.299 e. The van der Waals surface area contributed by atoms with Gasteiger partial charge in [0.15, 0.2) is 0 Å². The molecule has 146 valence electrons. The Hall–Kier alpha value is -2.01. The van der Waals surface area contributed by atoms with E-state index in [9.17, 15) is 0 Å². The second-order valence-corrected chi connectivity index (χ2v) is 10.8. The average molecular weight is 417 g/mol. The lowest BCUT2D eigenvalue weighted by molar-refractivity contribution is 0.429. The molecule has 1 N–H and O–H groups in total. The van der Waals surface area contributed by atoms with Crippen LogP contribution in [0.3, 0.4) is 0 Å². The highest BCUT2D eigenvalue weighted by Crippen LogP contribution is 2.61. The van der Waals surface area contributed by atoms with Gasteiger partial charge in [-0.3, -0.25) is 10.3 Å². The van der Waals surface area contributed by atoms with Gasteiger partial charge in [-0.2, -0.15) is 0 Å². The zero-order chi connectivity index (χ0) is 19.7. The van der Waals surface area contributed by atoms with Crippen molar-refractivity contribution in [2.24, 2.45) is 4.99 Å². The molecular weight excluding hydrogens is 392 g/mol. The van der Waals surface area contributed by atoms with Crippen LogP contribution in [0.25, 0.3) is 0 Å². The highest BCUT2D eigenvalue weighted by atomic mass is 32.2. The molecule has 2 heterocycles. The zero-order valence-corrected chi connectivity index (χ0v) is 18.0. The molecule has 1 fully saturated rings. The van der Waals surface area contributed by atoms with Gasteiger partial charge in [0, 0.05) is 12.1 Å². The van der Waals surface area contributed by atoms with Crippen LogP contribution < -0.4 is 5.32 Å². The van der Waals surface area contributed by atoms with Crippen molar-refractivity contribution in [1.82, 2.24) is 5.32 Å². The quantitative estimate of drug-likeness (QED) is 0.572. The van der Waals surface area contributed by atoms with Gasteiger partial charge in [-0.1, -0.05) is 103 Å². The van der Waals surface area contributed by atoms with Crippen molar-refractivity contribution >= 4 is 28.6 Å². The van der Waals surface area contributed by atoms with E-state index in [1.807, 2.05) is 23.5 Å². The third-order valence-electron chi connectivity index (χ3n) is 5.77. The highest BCUT2D eigenvalue weighted by Gasteiger charge is 2.58. The predicted molar refractivity (Wildman–Crippen MR) is 127 cm³/mol. The molecule has 0 saturated carbocycles. The third kappa shape index (κ3) is 3.54. The summed E-state index contributed by atoms with van der Waals surface area (Å²) in [5.74, 6) is 0. The van der Waals surface area contributed by atoms with Gasteiger partial charge >= 0.3 is 0 Å². The van der Waals surface area contributed by atoms with Crippen LogP contribution in [-0.2, 0) is 6.42 Å². The number of hydrogen-bond donors (Lipinski definition) is 1. The summed E-state index contributed by atoms with van der Waals surface area (Å²) in [4.78, 5) is 5.37. The highest BCUT2D eigenvalue weighted by molar-refractivity contribution is 8.27. The molecule has 1 saturated heterocycles. The van der Waals surface area contributed by atoms with Crippen LogP contribution in [0.4, 0.5) is 0 Å². The molecule has 2 aliphatic rings. The molecule has 1 spiro atoms. The molecule has 0 unspecified atom stereocenters. The van der Waals surface area contributed by atoms with E-state index < -0.39 is 0 Å². The van der Waals surface area contributed by atoms with Crippen molar-refractivity contribution in [3.63, 3.8) is 0 Å². The molecule has 2 nitrogen and oxygen atoms in total. The fourth-order valence-electron chi connectivity index (χ4n) is 4.16. The first-order valence-corrected chi connectivity index (χ1v) is 11.7. The van der Waals surface area contributed by atoms with Gasteiger partial charge in [0.2, 0.25) is 0 Å². The van der Waals surface area contributed by atoms with Crippen LogP contribution in [0.15, 0.2) is 96.0 Å². The van der Waals surface area contributed by atoms with Crippen LogP contribution in [0, 0.1) is 0 Å². The Morgan fingerprint density at radius 1 is 0.897 bits per heavy atom. The Bertz CT molecular complexity index is 1010. The summed E-state index contributed by atoms with van der Waals surface area (Å²) < 4.78 is -0.0332. The molecule has 3 aromatic carbocycles. The summed E-state index contributed by atoms with van der Waals surface area (Å²) in [6.07, 6.45) is 0.938. The first-order valence-electron chi connectivity index (χ1n) is 10.0. The van der Waals surface area contributed by atoms with Crippen molar-refractivity contribution in [3.05, 3.63) is 108 Å². The Labute approximate surface area is 181 Å². The molecule has 5 rings (SSSR count). The topological polar surface area (TPSA) is 24.4 Å². The first kappa shape index (κ1) is 19.0. The van der Waals surface area contributed by atoms with Gasteiger partial charge in [0.25, 0.3) is 0 Å². The molecule has 29 heavy (non-hydrogen) atoms. The molecule has 0 bridgehead atoms. The maximum absolute atomic E-state index is 5.37. The maximum atomic E-state index is 5.37. The van der Waals surface area contributed by atoms with E-state index in [0.717, 1.165) is 18.0 Å². The summed E-state index contributed by atoms with van der Waals surface area (Å²) in [5, 5.41) is 5.24. The summed E-state index contributed by atoms with van der Waals surface area (Å²) >= 11 is 3.98. The number of aliphatic imine (C=N–C) groups is 1. The number of thioether (sulfide) groups is 2. The third-order valence-corrected chi connectivity index (χ3v) is 9.39. The van der Waals surface area contributed by atoms with E-state index in [0.29, 0.717) is 5.37 Å². The van der Waals surface area contributed by atoms with Gasteiger partial charge in [0.1, 0.15) is 4.08 Å². The normalized spacial score (nSPS) is 28.6. The molecular formula is C25H24N2S2. The van der Waals surface area contributed by atoms with Crippen LogP contribution >= 0.6 is 23.5 Å². The van der Waals surface area contributed by atoms with Gasteiger partial charge in [0.05, 0.1) is 16.0 Å². The monoisotopic (exact) mass is 416 g/mol. The lowest BCUT2D eigenvalue weighted by Gasteiger charge is -2.37. The minimum atomic E-state index is -0.189. The van der Waals surface area contributed by atoms with E-state index in [4.69, 9.17) is 4.99 Å². The molecule has 3 aromatic rings. The van der Waals surface area contributed by atoms with E-state index in [1.165, 1.54) is 16.7 Å². The van der Waals surface area contributed by atoms with Crippen LogP contribution in [-0.4, -0.2) is 21.2 Å². The van der Waals surface area contributed by atoms with E-state index >= 15 is 0 Å². The molecule has 0 amide bonds. The van der Waals surface area contributed by atoms with Crippen molar-refractivity contribution in [2.45, 2.75) is 28.3 Å². The van der Waals surface area contributed by atoms with Crippen molar-refractivity contribution in [2.75, 3.05) is 6.54 Å². The fraction of sp³-hybridized carbons (Fsp3) is 0.240. The minimum absolute atomic E-state index is 0.0332. The number of nitrogens with one attached hydrogen (secondary N) is 1. The summed E-state index contributed by atoms with van der Waals surface area (Å²) in [5.41, 5.74) is 3.71. The molecule has 0 radical (unpaired) electrons. The molecule has 4 heteroatoms. The average Bonchev–Trinajstić information content (AvgIpc) is 3.32. The lowest BCUT2D eigenvalue weighted by Crippen LogP contribution is -2.46. The standard InChI is InChI=1S/C25H24N2S2/c1-24(17-19-11-5-2-6-12-19)25(29-23(27-24)21-15-9-4-10-16-21)18-26-22(28-25)20-13-7-3-8-14-20/h2-16,22,26H,17-18H2,1H3/t22-,24-,25-/m1/s1. The van der Waals surface area contributed by atoms with Gasteiger partial charge in [-0.25, -0.2) is 0 Å². The van der Waals surface area contributed by atoms with Crippen molar-refractivity contribution < 1.29 is 0 Å². The Kier molecular flexibility index (Phi) is 5.02. The van der Waals surface area contributed by atoms with Gasteiger partial charge in [-0.15, -0.1) is 11.8 Å². The summed E-state index contributed by atoms with van der Waals surface area (Å²) in [6, 6.07) is 32.2. The molecule has 0 aliphatic carbocycles. The molecule has 2 aliphatic heterocycles. The van der Waals surface area contributed by atoms with E-state index in [-0.39, 0.29) is 9.62 Å². The van der Waals surface area contributed by atoms with Crippen molar-refractivity contribution in [1.29, 1.82) is 0 Å². The Balaban J connectivity index is 1.51. The van der Waals surface area contributed by atoms with Crippen molar-refractivity contribution in [3.8, 4) is 0 Å². The smallest absolute Gasteiger partial charge is 0.107 e. The number of rotatable bonds is 4. The zero-order valence-electron chi connectivity index (χ0n) is 16.4. The van der Waals surface area contributed by atoms with E-state index in [1.54, 1.807) is 0 Å². The van der Waals surface area contributed by atoms with Crippen LogP contribution in [0.2, 0.25) is 0 Å². The number of hydrogen-bond acceptors (Lipinski definition) is 4. The molecule has 0 aromatic heterocycles. The van der Waals surface area contributed by atoms with Gasteiger partial charge in [-0.05, 0) is 24.5 Å². The van der Waals surface area contributed by atoms with Gasteiger partial charge < -0.3 is 0 Å². The lowest BCUT2D eigenvalue weighted by atomic mass is 9.89. The predicted octanol–water partition coefficient (Wildman–Crippen LogP) is 5.91. The number of benzene rings is 3. The second kappa shape index (κ2) is 7.67. The van der Waals surface area contributed by atoms with Crippen LogP contribution in [0.5, 0.6) is 0 Å². The van der Waals surface area contributed by atoms with E-state index in [2.05, 4.69) is 103 Å². The first-order chi connectivity index (χ1) is 14.2. The fourth-order valence-corrected chi connectivity index (χ4v) is 7.57. The Morgan fingerprint density at radius 3 is 2.21 bits per heavy atom. The second-order valence-electron chi connectivity index (χ2n) is 7.86. The Morgan fingerprint density at radius 2 is 1.52 bits per heavy atom. The SMILES string of the molecule is C[C@]1(Cc2ccccc2)N=C(c2ccccc2)S[C@]12CN[C@@H](c1ccccc1)S2. The number of nitrogens with zero attached hydrogens (tertiary/aromatic N) is 1. The maximum Gasteiger partial charge on any atom is 0.107 e. The summed E-state index contributed by atoms with van der Waals surface area (Å²) in [7, 11) is 0. The molecule has 3 atom stereocenters.